The summed E-state index contributed by atoms with van der Waals surface area (Å²) in [7, 11) is 1.37. The predicted octanol–water partition coefficient (Wildman–Crippen LogP) is 5.10. The number of nitrogens with zero attached hydrogens (tertiary/aromatic N) is 1. The zero-order valence-electron chi connectivity index (χ0n) is 17.3. The molecular formula is C27H27NP2. The second kappa shape index (κ2) is 10.6. The summed E-state index contributed by atoms with van der Waals surface area (Å²) in [4.78, 5) is 0. The molecule has 0 N–H and O–H groups in total. The van der Waals surface area contributed by atoms with Gasteiger partial charge in [0.25, 0.3) is 0 Å². The molecule has 30 heavy (non-hydrogen) atoms. The summed E-state index contributed by atoms with van der Waals surface area (Å²) >= 11 is 0. The molecule has 0 fully saturated rings. The Morgan fingerprint density at radius 2 is 0.833 bits per heavy atom. The van der Waals surface area contributed by atoms with Crippen molar-refractivity contribution in [3.8, 4) is 0 Å². The summed E-state index contributed by atoms with van der Waals surface area (Å²) in [5, 5.41) is 5.72. The van der Waals surface area contributed by atoms with E-state index in [9.17, 15) is 0 Å². The van der Waals surface area contributed by atoms with E-state index in [2.05, 4.69) is 133 Å². The maximum atomic E-state index is 2.57. The van der Waals surface area contributed by atoms with Crippen LogP contribution in [0.1, 0.15) is 0 Å². The molecule has 4 aromatic carbocycles. The summed E-state index contributed by atoms with van der Waals surface area (Å²) < 4.78 is 2.57. The molecule has 0 bridgehead atoms. The van der Waals surface area contributed by atoms with Gasteiger partial charge in [0.05, 0.1) is 0 Å². The lowest BCUT2D eigenvalue weighted by molar-refractivity contribution is 0.595. The Morgan fingerprint density at radius 3 is 1.20 bits per heavy atom. The maximum Gasteiger partial charge on any atom is 0.0278 e. The van der Waals surface area contributed by atoms with Crippen molar-refractivity contribution in [2.24, 2.45) is 0 Å². The molecule has 4 aromatic rings. The quantitative estimate of drug-likeness (QED) is 0.354. The average molecular weight is 427 g/mol. The summed E-state index contributed by atoms with van der Waals surface area (Å²) in [6.45, 7) is 1.06. The van der Waals surface area contributed by atoms with E-state index in [0.717, 1.165) is 12.7 Å². The minimum atomic E-state index is -0.537. The van der Waals surface area contributed by atoms with Crippen LogP contribution in [0.5, 0.6) is 0 Å². The van der Waals surface area contributed by atoms with Crippen molar-refractivity contribution in [3.05, 3.63) is 121 Å². The van der Waals surface area contributed by atoms with Crippen LogP contribution in [0, 0.1) is 0 Å². The van der Waals surface area contributed by atoms with Crippen molar-refractivity contribution in [2.75, 3.05) is 19.8 Å². The third-order valence-electron chi connectivity index (χ3n) is 5.13. The van der Waals surface area contributed by atoms with Crippen LogP contribution in [0.2, 0.25) is 0 Å². The van der Waals surface area contributed by atoms with Crippen molar-refractivity contribution in [2.45, 2.75) is 0 Å². The van der Waals surface area contributed by atoms with E-state index in [1.165, 1.54) is 21.2 Å². The molecule has 1 nitrogen and oxygen atoms in total. The van der Waals surface area contributed by atoms with Gasteiger partial charge in [0.15, 0.2) is 0 Å². The van der Waals surface area contributed by atoms with Gasteiger partial charge in [-0.2, -0.15) is 0 Å². The van der Waals surface area contributed by atoms with E-state index in [4.69, 9.17) is 0 Å². The van der Waals surface area contributed by atoms with E-state index in [1.807, 2.05) is 0 Å². The number of rotatable bonds is 8. The summed E-state index contributed by atoms with van der Waals surface area (Å²) in [6.07, 6.45) is 1.15. The minimum Gasteiger partial charge on any atom is -0.278 e. The first-order valence-electron chi connectivity index (χ1n) is 10.3. The first-order valence-corrected chi connectivity index (χ1v) is 13.1. The fraction of sp³-hybridized carbons (Fsp3) is 0.111. The van der Waals surface area contributed by atoms with Gasteiger partial charge in [-0.3, -0.25) is 4.67 Å². The van der Waals surface area contributed by atoms with Crippen molar-refractivity contribution >= 4 is 37.2 Å². The van der Waals surface area contributed by atoms with Gasteiger partial charge in [-0.15, -0.1) is 0 Å². The van der Waals surface area contributed by atoms with Crippen molar-refractivity contribution in [3.63, 3.8) is 0 Å². The molecule has 0 unspecified atom stereocenters. The molecule has 0 aliphatic carbocycles. The summed E-state index contributed by atoms with van der Waals surface area (Å²) in [5.74, 6) is 0. The molecule has 0 saturated heterocycles. The van der Waals surface area contributed by atoms with Crippen LogP contribution < -0.4 is 21.2 Å². The Balaban J connectivity index is 1.59. The third kappa shape index (κ3) is 5.24. The van der Waals surface area contributed by atoms with Crippen molar-refractivity contribution in [1.82, 2.24) is 4.67 Å². The van der Waals surface area contributed by atoms with E-state index in [1.54, 1.807) is 0 Å². The molecule has 0 saturated carbocycles. The van der Waals surface area contributed by atoms with E-state index < -0.39 is 8.07 Å². The first-order chi connectivity index (χ1) is 14.8. The molecule has 0 atom stereocenters. The van der Waals surface area contributed by atoms with Gasteiger partial charge in [-0.05, 0) is 42.3 Å². The second-order valence-electron chi connectivity index (χ2n) is 7.19. The van der Waals surface area contributed by atoms with E-state index >= 15 is 0 Å². The normalized spacial score (nSPS) is 11.3. The highest BCUT2D eigenvalue weighted by atomic mass is 31.1. The molecular weight excluding hydrogens is 400 g/mol. The van der Waals surface area contributed by atoms with Gasteiger partial charge in [-0.1, -0.05) is 121 Å². The first kappa shape index (κ1) is 21.0. The zero-order valence-corrected chi connectivity index (χ0v) is 19.1. The molecule has 4 rings (SSSR count). The standard InChI is InChI=1S/C27H27NP2/c1-28(30(26-18-10-4-11-19-26)27-20-12-5-13-21-27)22-23-29(24-14-6-2-7-15-24)25-16-8-3-9-17-25/h2-21H,22-23H2,1H3. The molecule has 0 radical (unpaired) electrons. The SMILES string of the molecule is CN(CCP(c1ccccc1)c1ccccc1)P(c1ccccc1)c1ccccc1. The van der Waals surface area contributed by atoms with Gasteiger partial charge in [-0.25, -0.2) is 0 Å². The number of benzene rings is 4. The molecule has 0 amide bonds. The van der Waals surface area contributed by atoms with Crippen molar-refractivity contribution < 1.29 is 0 Å². The molecule has 3 heteroatoms. The lowest BCUT2D eigenvalue weighted by atomic mass is 10.4. The maximum absolute atomic E-state index is 2.57. The van der Waals surface area contributed by atoms with Crippen molar-refractivity contribution in [1.29, 1.82) is 0 Å². The smallest absolute Gasteiger partial charge is 0.0278 e. The predicted molar refractivity (Wildman–Crippen MR) is 136 cm³/mol. The highest BCUT2D eigenvalue weighted by Gasteiger charge is 2.21. The van der Waals surface area contributed by atoms with Crippen LogP contribution in [0.3, 0.4) is 0 Å². The molecule has 0 aromatic heterocycles. The fourth-order valence-electron chi connectivity index (χ4n) is 3.65. The molecule has 0 aliphatic heterocycles. The molecule has 0 aliphatic rings. The van der Waals surface area contributed by atoms with Crippen LogP contribution in [-0.2, 0) is 0 Å². The third-order valence-corrected chi connectivity index (χ3v) is 10.1. The van der Waals surface area contributed by atoms with Gasteiger partial charge >= 0.3 is 0 Å². The largest absolute Gasteiger partial charge is 0.278 e. The van der Waals surface area contributed by atoms with Gasteiger partial charge < -0.3 is 0 Å². The van der Waals surface area contributed by atoms with Crippen LogP contribution in [0.25, 0.3) is 0 Å². The van der Waals surface area contributed by atoms with Crippen LogP contribution in [-0.4, -0.2) is 24.4 Å². The fourth-order valence-corrected chi connectivity index (χ4v) is 8.48. The second-order valence-corrected chi connectivity index (χ2v) is 11.9. The Bertz CT molecular complexity index is 929. The topological polar surface area (TPSA) is 3.24 Å². The van der Waals surface area contributed by atoms with Gasteiger partial charge in [0, 0.05) is 14.6 Å². The number of hydrogen-bond donors (Lipinski definition) is 0. The van der Waals surface area contributed by atoms with Gasteiger partial charge in [0.2, 0.25) is 0 Å². The minimum absolute atomic E-state index is 0.377. The van der Waals surface area contributed by atoms with E-state index in [0.29, 0.717) is 0 Å². The van der Waals surface area contributed by atoms with Crippen LogP contribution in [0.4, 0.5) is 0 Å². The average Bonchev–Trinajstić information content (AvgIpc) is 2.82. The lowest BCUT2D eigenvalue weighted by Gasteiger charge is -2.30. The Hall–Kier alpha value is -2.30. The Kier molecular flexibility index (Phi) is 7.44. The summed E-state index contributed by atoms with van der Waals surface area (Å²) in [6, 6.07) is 43.9. The monoisotopic (exact) mass is 427 g/mol. The summed E-state index contributed by atoms with van der Waals surface area (Å²) in [5.41, 5.74) is 0. The molecule has 150 valence electrons. The van der Waals surface area contributed by atoms with Crippen LogP contribution >= 0.6 is 16.0 Å². The molecule has 0 spiro atoms. The zero-order chi connectivity index (χ0) is 20.6. The Labute approximate surface area is 183 Å². The van der Waals surface area contributed by atoms with E-state index in [-0.39, 0.29) is 7.92 Å². The highest BCUT2D eigenvalue weighted by molar-refractivity contribution is 7.73. The number of hydrogen-bond acceptors (Lipinski definition) is 1. The lowest BCUT2D eigenvalue weighted by Crippen LogP contribution is -2.29. The van der Waals surface area contributed by atoms with Crippen LogP contribution in [0.15, 0.2) is 121 Å². The molecule has 0 heterocycles. The Morgan fingerprint density at radius 1 is 0.500 bits per heavy atom. The highest BCUT2D eigenvalue weighted by Crippen LogP contribution is 2.39. The van der Waals surface area contributed by atoms with Gasteiger partial charge in [0.1, 0.15) is 0 Å².